The zero-order valence-corrected chi connectivity index (χ0v) is 18.5. The zero-order chi connectivity index (χ0) is 22.6. The van der Waals surface area contributed by atoms with Crippen molar-refractivity contribution in [1.29, 1.82) is 0 Å². The van der Waals surface area contributed by atoms with Gasteiger partial charge in [0.15, 0.2) is 0 Å². The Morgan fingerprint density at radius 3 is 2.44 bits per heavy atom. The molecule has 0 aliphatic carbocycles. The summed E-state index contributed by atoms with van der Waals surface area (Å²) in [7, 11) is 1.60. The van der Waals surface area contributed by atoms with Gasteiger partial charge in [-0.3, -0.25) is 0 Å². The Morgan fingerprint density at radius 1 is 1.12 bits per heavy atom. The molecule has 0 radical (unpaired) electrons. The van der Waals surface area contributed by atoms with Gasteiger partial charge in [0.05, 0.1) is 13.2 Å². The summed E-state index contributed by atoms with van der Waals surface area (Å²) in [4.78, 5) is 19.1. The second kappa shape index (κ2) is 9.27. The molecule has 0 bridgehead atoms. The highest BCUT2D eigenvalue weighted by Gasteiger charge is 2.42. The van der Waals surface area contributed by atoms with Crippen molar-refractivity contribution in [3.63, 3.8) is 0 Å². The van der Waals surface area contributed by atoms with Crippen molar-refractivity contribution in [3.8, 4) is 17.0 Å². The Hall–Kier alpha value is -3.60. The van der Waals surface area contributed by atoms with Crippen LogP contribution >= 0.6 is 0 Å². The lowest BCUT2D eigenvalue weighted by Crippen LogP contribution is -2.48. The van der Waals surface area contributed by atoms with Crippen LogP contribution in [0.15, 0.2) is 85.6 Å². The highest BCUT2D eigenvalue weighted by molar-refractivity contribution is 5.70. The quantitative estimate of drug-likeness (QED) is 0.425. The third kappa shape index (κ3) is 4.24. The molecule has 0 spiro atoms. The maximum absolute atomic E-state index is 13.1. The van der Waals surface area contributed by atoms with Gasteiger partial charge in [-0.2, -0.15) is 0 Å². The lowest BCUT2D eigenvalue weighted by atomic mass is 9.85. The lowest BCUT2D eigenvalue weighted by Gasteiger charge is -2.43. The zero-order valence-electron chi connectivity index (χ0n) is 18.5. The molecule has 5 nitrogen and oxygen atoms in total. The first-order chi connectivity index (χ1) is 15.6. The first-order valence-corrected chi connectivity index (χ1v) is 10.8. The predicted molar refractivity (Wildman–Crippen MR) is 125 cm³/mol. The smallest absolute Gasteiger partial charge is 0.411 e. The van der Waals surface area contributed by atoms with E-state index >= 15 is 0 Å². The molecule has 4 rings (SSSR count). The van der Waals surface area contributed by atoms with Gasteiger partial charge in [-0.05, 0) is 29.7 Å². The number of ether oxygens (including phenoxy) is 2. The highest BCUT2D eigenvalue weighted by atomic mass is 16.6. The van der Waals surface area contributed by atoms with E-state index in [2.05, 4.69) is 35.8 Å². The molecule has 1 aromatic heterocycles. The molecular weight excluding hydrogens is 400 g/mol. The number of benzene rings is 2. The van der Waals surface area contributed by atoms with Crippen LogP contribution in [0, 0.1) is 0 Å². The standard InChI is InChI=1S/C27H28N2O3/c1-4-16-27(24-8-6-5-7-9-24)17-18-29(26(30)32-27)20(2)21-10-12-22(13-11-21)23-14-15-25(31-3)28-19-23/h4-15,19-20H,1,16-18H2,2-3H3/t20-,27+/m0/s1. The molecule has 1 amide bonds. The highest BCUT2D eigenvalue weighted by Crippen LogP contribution is 2.39. The second-order valence-corrected chi connectivity index (χ2v) is 8.05. The Labute approximate surface area is 189 Å². The average Bonchev–Trinajstić information content (AvgIpc) is 2.85. The van der Waals surface area contributed by atoms with E-state index in [9.17, 15) is 4.79 Å². The van der Waals surface area contributed by atoms with Gasteiger partial charge in [0.1, 0.15) is 5.60 Å². The van der Waals surface area contributed by atoms with Crippen molar-refractivity contribution in [2.75, 3.05) is 13.7 Å². The van der Waals surface area contributed by atoms with Gasteiger partial charge < -0.3 is 14.4 Å². The number of cyclic esters (lactones) is 1. The van der Waals surface area contributed by atoms with Gasteiger partial charge in [-0.1, -0.05) is 60.7 Å². The van der Waals surface area contributed by atoms with E-state index in [-0.39, 0.29) is 12.1 Å². The molecule has 1 aliphatic heterocycles. The summed E-state index contributed by atoms with van der Waals surface area (Å²) in [6.45, 7) is 6.53. The second-order valence-electron chi connectivity index (χ2n) is 8.05. The Bertz CT molecular complexity index is 1060. The molecule has 32 heavy (non-hydrogen) atoms. The number of pyridine rings is 1. The van der Waals surface area contributed by atoms with Crippen molar-refractivity contribution in [1.82, 2.24) is 9.88 Å². The summed E-state index contributed by atoms with van der Waals surface area (Å²) in [5.41, 5.74) is 3.49. The number of aromatic nitrogens is 1. The minimum atomic E-state index is -0.651. The SMILES string of the molecule is C=CC[C@]1(c2ccccc2)CCN([C@@H](C)c2ccc(-c3ccc(OC)nc3)cc2)C(=O)O1. The molecule has 0 saturated carbocycles. The lowest BCUT2D eigenvalue weighted by molar-refractivity contribution is -0.0588. The summed E-state index contributed by atoms with van der Waals surface area (Å²) in [6.07, 6.45) is 4.64. The summed E-state index contributed by atoms with van der Waals surface area (Å²) in [5.74, 6) is 0.589. The number of hydrogen-bond acceptors (Lipinski definition) is 4. The van der Waals surface area contributed by atoms with Crippen molar-refractivity contribution < 1.29 is 14.3 Å². The Balaban J connectivity index is 1.49. The average molecular weight is 429 g/mol. The molecule has 2 aromatic carbocycles. The van der Waals surface area contributed by atoms with E-state index in [1.165, 1.54) is 0 Å². The molecular formula is C27H28N2O3. The van der Waals surface area contributed by atoms with E-state index < -0.39 is 5.60 Å². The van der Waals surface area contributed by atoms with Crippen LogP contribution < -0.4 is 4.74 Å². The molecule has 164 valence electrons. The van der Waals surface area contributed by atoms with E-state index in [4.69, 9.17) is 9.47 Å². The van der Waals surface area contributed by atoms with Crippen LogP contribution in [0.25, 0.3) is 11.1 Å². The van der Waals surface area contributed by atoms with Crippen molar-refractivity contribution in [2.45, 2.75) is 31.4 Å². The van der Waals surface area contributed by atoms with Gasteiger partial charge in [-0.15, -0.1) is 6.58 Å². The number of carbonyl (C=O) groups is 1. The molecule has 0 N–H and O–H groups in total. The van der Waals surface area contributed by atoms with Crippen LogP contribution in [-0.4, -0.2) is 29.6 Å². The topological polar surface area (TPSA) is 51.7 Å². The molecule has 3 aromatic rings. The van der Waals surface area contributed by atoms with Crippen LogP contribution in [0.4, 0.5) is 4.79 Å². The third-order valence-electron chi connectivity index (χ3n) is 6.19. The number of nitrogens with zero attached hydrogens (tertiary/aromatic N) is 2. The number of rotatable bonds is 7. The van der Waals surface area contributed by atoms with E-state index in [0.717, 1.165) is 22.3 Å². The first kappa shape index (κ1) is 21.6. The first-order valence-electron chi connectivity index (χ1n) is 10.8. The van der Waals surface area contributed by atoms with Crippen molar-refractivity contribution in [3.05, 3.63) is 96.7 Å². The molecule has 1 aliphatic rings. The number of carbonyl (C=O) groups excluding carboxylic acids is 1. The van der Waals surface area contributed by atoms with Crippen molar-refractivity contribution >= 4 is 6.09 Å². The van der Waals surface area contributed by atoms with Crippen LogP contribution in [0.5, 0.6) is 5.88 Å². The van der Waals surface area contributed by atoms with Crippen LogP contribution in [0.1, 0.15) is 36.9 Å². The largest absolute Gasteiger partial charge is 0.481 e. The molecule has 2 heterocycles. The van der Waals surface area contributed by atoms with Crippen LogP contribution in [0.3, 0.4) is 0 Å². The Kier molecular flexibility index (Phi) is 6.26. The van der Waals surface area contributed by atoms with Crippen LogP contribution in [-0.2, 0) is 10.3 Å². The number of hydrogen-bond donors (Lipinski definition) is 0. The minimum Gasteiger partial charge on any atom is -0.481 e. The number of amides is 1. The monoisotopic (exact) mass is 428 g/mol. The summed E-state index contributed by atoms with van der Waals surface area (Å²) < 4.78 is 11.2. The fourth-order valence-electron chi connectivity index (χ4n) is 4.27. The molecule has 0 unspecified atom stereocenters. The van der Waals surface area contributed by atoms with Gasteiger partial charge in [0, 0.05) is 37.2 Å². The van der Waals surface area contributed by atoms with Gasteiger partial charge in [-0.25, -0.2) is 9.78 Å². The summed E-state index contributed by atoms with van der Waals surface area (Å²) >= 11 is 0. The van der Waals surface area contributed by atoms with E-state index in [0.29, 0.717) is 25.3 Å². The molecule has 1 saturated heterocycles. The van der Waals surface area contributed by atoms with Gasteiger partial charge >= 0.3 is 6.09 Å². The normalized spacial score (nSPS) is 19.2. The molecule has 2 atom stereocenters. The number of methoxy groups -OCH3 is 1. The third-order valence-corrected chi connectivity index (χ3v) is 6.19. The molecule has 1 fully saturated rings. The maximum atomic E-state index is 13.1. The fraction of sp³-hybridized carbons (Fsp3) is 0.259. The molecule has 5 heteroatoms. The predicted octanol–water partition coefficient (Wildman–Crippen LogP) is 6.13. The van der Waals surface area contributed by atoms with Gasteiger partial charge in [0.25, 0.3) is 0 Å². The minimum absolute atomic E-state index is 0.0944. The Morgan fingerprint density at radius 2 is 1.84 bits per heavy atom. The van der Waals surface area contributed by atoms with Crippen molar-refractivity contribution in [2.24, 2.45) is 0 Å². The van der Waals surface area contributed by atoms with E-state index in [1.54, 1.807) is 18.2 Å². The van der Waals surface area contributed by atoms with E-state index in [1.807, 2.05) is 55.5 Å². The van der Waals surface area contributed by atoms with Gasteiger partial charge in [0.2, 0.25) is 5.88 Å². The van der Waals surface area contributed by atoms with Crippen LogP contribution in [0.2, 0.25) is 0 Å². The summed E-state index contributed by atoms with van der Waals surface area (Å²) in [6, 6.07) is 21.9. The maximum Gasteiger partial charge on any atom is 0.411 e. The fourth-order valence-corrected chi connectivity index (χ4v) is 4.27. The summed E-state index contributed by atoms with van der Waals surface area (Å²) in [5, 5.41) is 0.